The lowest BCUT2D eigenvalue weighted by Crippen LogP contribution is -2.47. The first kappa shape index (κ1) is 25.2. The third kappa shape index (κ3) is 5.34. The number of aryl methyl sites for hydroxylation is 1. The number of likely N-dealkylation sites (tertiary alicyclic amines) is 1. The Bertz CT molecular complexity index is 1310. The van der Waals surface area contributed by atoms with Crippen molar-refractivity contribution < 1.29 is 18.4 Å². The van der Waals surface area contributed by atoms with E-state index in [9.17, 15) is 23.2 Å². The van der Waals surface area contributed by atoms with Crippen LogP contribution in [0.5, 0.6) is 0 Å². The number of halogens is 2. The predicted molar refractivity (Wildman–Crippen MR) is 127 cm³/mol. The number of alkyl halides is 1. The zero-order valence-corrected chi connectivity index (χ0v) is 20.2. The molecule has 0 saturated carbocycles. The zero-order chi connectivity index (χ0) is 26.0. The molecule has 0 aliphatic carbocycles. The first-order valence-corrected chi connectivity index (χ1v) is 11.7. The van der Waals surface area contributed by atoms with Gasteiger partial charge in [0.05, 0.1) is 24.7 Å². The second-order valence-electron chi connectivity index (χ2n) is 9.20. The van der Waals surface area contributed by atoms with Crippen LogP contribution < -0.4 is 11.0 Å². The van der Waals surface area contributed by atoms with Crippen LogP contribution >= 0.6 is 0 Å². The number of nitrogens with one attached hydrogen (secondary N) is 2. The molecule has 2 amide bonds. The maximum absolute atomic E-state index is 14.7. The summed E-state index contributed by atoms with van der Waals surface area (Å²) in [7, 11) is 1.44. The summed E-state index contributed by atoms with van der Waals surface area (Å²) in [6.07, 6.45) is -1.84. The smallest absolute Gasteiger partial charge is 0.342 e. The highest BCUT2D eigenvalue weighted by Crippen LogP contribution is 2.27. The lowest BCUT2D eigenvalue weighted by Gasteiger charge is -2.26. The van der Waals surface area contributed by atoms with Gasteiger partial charge in [-0.1, -0.05) is 50.2 Å². The summed E-state index contributed by atoms with van der Waals surface area (Å²) in [4.78, 5) is 45.6. The van der Waals surface area contributed by atoms with Crippen molar-refractivity contribution in [3.05, 3.63) is 81.5 Å². The van der Waals surface area contributed by atoms with Crippen LogP contribution in [0, 0.1) is 5.95 Å². The lowest BCUT2D eigenvalue weighted by molar-refractivity contribution is -0.138. The van der Waals surface area contributed by atoms with Crippen molar-refractivity contribution in [1.29, 1.82) is 0 Å². The average Bonchev–Trinajstić information content (AvgIpc) is 3.38. The van der Waals surface area contributed by atoms with E-state index in [2.05, 4.69) is 20.4 Å². The molecule has 36 heavy (non-hydrogen) atoms. The minimum atomic E-state index is -1.39. The van der Waals surface area contributed by atoms with E-state index in [0.29, 0.717) is 11.1 Å². The Balaban J connectivity index is 1.58. The normalized spacial score (nSPS) is 18.4. The summed E-state index contributed by atoms with van der Waals surface area (Å²) in [5.74, 6) is -1.68. The topological polar surface area (TPSA) is 113 Å². The van der Waals surface area contributed by atoms with Gasteiger partial charge in [0.25, 0.3) is 0 Å². The highest BCUT2D eigenvalue weighted by Gasteiger charge is 2.40. The summed E-state index contributed by atoms with van der Waals surface area (Å²) in [5.41, 5.74) is 0.923. The molecule has 0 bridgehead atoms. The second kappa shape index (κ2) is 10.4. The number of carbonyl (C=O) groups excluding carboxylic acids is 2. The van der Waals surface area contributed by atoms with Gasteiger partial charge in [0.2, 0.25) is 17.8 Å². The minimum Gasteiger partial charge on any atom is -0.342 e. The molecular formula is C25H28F2N6O3. The Kier molecular flexibility index (Phi) is 7.27. The van der Waals surface area contributed by atoms with E-state index in [-0.39, 0.29) is 36.8 Å². The first-order chi connectivity index (χ1) is 17.1. The molecule has 2 aromatic heterocycles. The highest BCUT2D eigenvalue weighted by atomic mass is 19.1. The van der Waals surface area contributed by atoms with E-state index < -0.39 is 41.7 Å². The molecule has 3 atom stereocenters. The molecule has 2 N–H and O–H groups in total. The van der Waals surface area contributed by atoms with E-state index in [1.165, 1.54) is 7.05 Å². The van der Waals surface area contributed by atoms with Gasteiger partial charge in [-0.2, -0.15) is 9.49 Å². The third-order valence-electron chi connectivity index (χ3n) is 6.24. The molecule has 1 saturated heterocycles. The fourth-order valence-electron chi connectivity index (χ4n) is 4.35. The number of carbonyl (C=O) groups is 2. The van der Waals surface area contributed by atoms with Gasteiger partial charge in [-0.15, -0.1) is 0 Å². The second-order valence-corrected chi connectivity index (χ2v) is 9.20. The van der Waals surface area contributed by atoms with Gasteiger partial charge in [0.15, 0.2) is 0 Å². The van der Waals surface area contributed by atoms with E-state index in [1.54, 1.807) is 36.4 Å². The molecule has 190 valence electrons. The van der Waals surface area contributed by atoms with Gasteiger partial charge < -0.3 is 10.2 Å². The molecular weight excluding hydrogens is 470 g/mol. The van der Waals surface area contributed by atoms with Gasteiger partial charge in [0, 0.05) is 19.0 Å². The van der Waals surface area contributed by atoms with E-state index in [4.69, 9.17) is 0 Å². The quantitative estimate of drug-likeness (QED) is 0.485. The molecule has 0 radical (unpaired) electrons. The zero-order valence-electron chi connectivity index (χ0n) is 20.2. The number of pyridine rings is 1. The summed E-state index contributed by atoms with van der Waals surface area (Å²) in [6, 6.07) is 10.3. The number of rotatable bonds is 7. The molecule has 0 spiro atoms. The van der Waals surface area contributed by atoms with Crippen molar-refractivity contribution in [2.75, 3.05) is 6.54 Å². The molecule has 3 heterocycles. The number of hydrogen-bond acceptors (Lipinski definition) is 5. The van der Waals surface area contributed by atoms with Crippen LogP contribution in [0.3, 0.4) is 0 Å². The summed E-state index contributed by atoms with van der Waals surface area (Å²) >= 11 is 0. The van der Waals surface area contributed by atoms with Gasteiger partial charge in [0.1, 0.15) is 18.0 Å². The largest absolute Gasteiger partial charge is 0.343 e. The standard InChI is InChI=1S/C25H28F2N6O3/c1-14(2)17-9-10-18(28-23(17)27)22(15-7-5-4-6-8-15)30-24(35)19-11-16(26)13-33(19)21(34)12-20-29-25(36)32(3)31-20/h4-10,14,16,19,22H,11-13H2,1-3H3,(H,30,35)(H,29,31,36)/t16-,19+,22+/m1/s1. The lowest BCUT2D eigenvalue weighted by atomic mass is 9.99. The molecule has 1 aromatic carbocycles. The van der Waals surface area contributed by atoms with Crippen LogP contribution in [0.1, 0.15) is 54.9 Å². The van der Waals surface area contributed by atoms with Crippen molar-refractivity contribution in [1.82, 2.24) is 30.0 Å². The van der Waals surface area contributed by atoms with E-state index in [0.717, 1.165) is 9.58 Å². The molecule has 3 aromatic rings. The number of benzene rings is 1. The highest BCUT2D eigenvalue weighted by molar-refractivity contribution is 5.89. The van der Waals surface area contributed by atoms with Crippen molar-refractivity contribution >= 4 is 11.8 Å². The van der Waals surface area contributed by atoms with E-state index in [1.807, 2.05) is 19.9 Å². The van der Waals surface area contributed by atoms with E-state index >= 15 is 0 Å². The Morgan fingerprint density at radius 2 is 1.92 bits per heavy atom. The minimum absolute atomic E-state index is 0.0649. The fourth-order valence-corrected chi connectivity index (χ4v) is 4.35. The average molecular weight is 499 g/mol. The molecule has 1 aliphatic heterocycles. The Morgan fingerprint density at radius 3 is 2.53 bits per heavy atom. The summed E-state index contributed by atoms with van der Waals surface area (Å²) in [6.45, 7) is 3.46. The van der Waals surface area contributed by atoms with Crippen molar-refractivity contribution in [3.8, 4) is 0 Å². The van der Waals surface area contributed by atoms with Crippen LogP contribution in [0.25, 0.3) is 0 Å². The van der Waals surface area contributed by atoms with Gasteiger partial charge in [-0.05, 0) is 17.5 Å². The number of aromatic amines is 1. The number of hydrogen-bond donors (Lipinski definition) is 2. The molecule has 11 heteroatoms. The number of nitrogens with zero attached hydrogens (tertiary/aromatic N) is 4. The first-order valence-electron chi connectivity index (χ1n) is 11.7. The molecule has 4 rings (SSSR count). The van der Waals surface area contributed by atoms with Crippen LogP contribution in [0.15, 0.2) is 47.3 Å². The number of aromatic nitrogens is 4. The Hall–Kier alpha value is -3.89. The molecule has 1 aliphatic rings. The van der Waals surface area contributed by atoms with Gasteiger partial charge >= 0.3 is 5.69 Å². The van der Waals surface area contributed by atoms with Crippen LogP contribution in [-0.4, -0.2) is 55.2 Å². The maximum Gasteiger partial charge on any atom is 0.343 e. The van der Waals surface area contributed by atoms with Crippen LogP contribution in [0.4, 0.5) is 8.78 Å². The van der Waals surface area contributed by atoms with Crippen molar-refractivity contribution in [2.24, 2.45) is 7.05 Å². The third-order valence-corrected chi connectivity index (χ3v) is 6.24. The monoisotopic (exact) mass is 498 g/mol. The van der Waals surface area contributed by atoms with Gasteiger partial charge in [-0.25, -0.2) is 18.9 Å². The number of amides is 2. The molecule has 1 fully saturated rings. The number of H-pyrrole nitrogens is 1. The molecule has 0 unspecified atom stereocenters. The molecule has 9 nitrogen and oxygen atoms in total. The Morgan fingerprint density at radius 1 is 1.19 bits per heavy atom. The van der Waals surface area contributed by atoms with Crippen molar-refractivity contribution in [2.45, 2.75) is 50.9 Å². The summed E-state index contributed by atoms with van der Waals surface area (Å²) < 4.78 is 30.2. The van der Waals surface area contributed by atoms with Gasteiger partial charge in [-0.3, -0.25) is 14.6 Å². The van der Waals surface area contributed by atoms with Crippen LogP contribution in [-0.2, 0) is 23.1 Å². The predicted octanol–water partition coefficient (Wildman–Crippen LogP) is 2.15. The van der Waals surface area contributed by atoms with Crippen LogP contribution in [0.2, 0.25) is 0 Å². The fraction of sp³-hybridized carbons (Fsp3) is 0.400. The Labute approximate surface area is 206 Å². The van der Waals surface area contributed by atoms with Crippen molar-refractivity contribution in [3.63, 3.8) is 0 Å². The summed E-state index contributed by atoms with van der Waals surface area (Å²) in [5, 5.41) is 6.77. The maximum atomic E-state index is 14.7. The SMILES string of the molecule is CC(C)c1ccc([C@@H](NC(=O)[C@@H]2C[C@@H](F)CN2C(=O)Cc2nn(C)c(=O)[nH]2)c2ccccc2)nc1F.